The number of carbonyl (C=O) groups excluding carboxylic acids is 8. The first kappa shape index (κ1) is 121. The van der Waals surface area contributed by atoms with Gasteiger partial charge in [0.1, 0.15) is 40.8 Å². The second kappa shape index (κ2) is 49.8. The molecule has 0 atom stereocenters. The number of aldehydes is 1. The standard InChI is InChI=1S/C23H38O3Si.C19H34O2Si.C17H22O4.C17H22O3S.C17H24O3.C17H22O3.C4H5ClO.Na/c1-16-14-17(2)20(19(15-16)26-21(24)18-10-11-18)23(6,7)12-13-25-27(8,9)22(3,4)5;1-14-12-15(2)17(16(20)13-14)19(6,7)10-11-21-22(8,9)18(3,4)5;1-10-7-11(2)15(17(3,4)9-14(18)19)13(8-10)21-16(20)12-5-6-12;1-10-7-11(2)15(17(3,4)9-14(18)21)13(8-10)20-16(19)12-5-6-12;2*1-11-9-12(2)15(17(3,4)7-8-18)14(10-11)20-16(19)13-5-6-13;5-4(6)3-1-2-3;/h14-15,18H,10-13H2,1-9H3;12-13,20H,10-11H2,1-9H3;7-8,12H,5-6,9H2,1-4H3,(H,18,19);7-8,12H,5-6,9H2,1-4H3,(H,18,21);9-10,13,18H,5-8H2,1-4H3;8-10,13H,5-7H2,1-4H3;3H,1-2H2;/q;;;;;;;+1/p-1. The number of carboxylic acid groups (broad SMARTS) is 1. The van der Waals surface area contributed by atoms with E-state index in [1.807, 2.05) is 152 Å². The minimum absolute atomic E-state index is 0. The summed E-state index contributed by atoms with van der Waals surface area (Å²) in [5.41, 5.74) is 17.0. The molecule has 24 heteroatoms. The number of hydrogen-bond donors (Lipinski definition) is 3. The van der Waals surface area contributed by atoms with Crippen LogP contribution in [0.5, 0.6) is 34.5 Å². The molecule has 0 radical (unpaired) electrons. The van der Waals surface area contributed by atoms with Crippen LogP contribution in [0.4, 0.5) is 0 Å². The molecule has 6 aromatic carbocycles. The second-order valence-corrected chi connectivity index (χ2v) is 57.2. The van der Waals surface area contributed by atoms with Gasteiger partial charge in [-0.25, -0.2) is 0 Å². The Morgan fingerprint density at radius 2 is 0.580 bits per heavy atom. The number of halogens is 1. The van der Waals surface area contributed by atoms with Gasteiger partial charge in [-0.1, -0.05) is 161 Å². The SMILES string of the molecule is Cc1cc(C)c(C(C)(C)CC(=O)O)c(OC(=O)C2CC2)c1.Cc1cc(C)c(C(C)(C)CC(=O)[S-])c(OC(=O)C2CC2)c1.Cc1cc(C)c(C(C)(C)CC=O)c(OC(=O)C2CC2)c1.Cc1cc(C)c(C(C)(C)CCO)c(OC(=O)C2CC2)c1.Cc1cc(C)c(C(C)(C)CCO[Si](C)(C)C(C)(C)C)c(O)c1.Cc1cc(C)c(C(C)(C)CCO[Si](C)(C)C(C)(C)C)c(OC(=O)C2CC2)c1.O=C(Cl)C1CC1.[Na+]. The third kappa shape index (κ3) is 36.9. The fraction of sp³-hybridized carbons (Fsp3) is 0.605. The van der Waals surface area contributed by atoms with Crippen LogP contribution in [0.25, 0.3) is 0 Å². The largest absolute Gasteiger partial charge is 1.00 e. The molecule has 6 fully saturated rings. The number of ether oxygens (including phenoxy) is 5. The van der Waals surface area contributed by atoms with Gasteiger partial charge in [0.2, 0.25) is 5.24 Å². The summed E-state index contributed by atoms with van der Waals surface area (Å²) in [6.07, 6.45) is 15.3. The molecule has 0 aliphatic heterocycles. The number of aromatic hydroxyl groups is 1. The molecule has 0 unspecified atom stereocenters. The summed E-state index contributed by atoms with van der Waals surface area (Å²) in [6.45, 7) is 73.1. The Morgan fingerprint density at radius 1 is 0.355 bits per heavy atom. The molecule has 0 bridgehead atoms. The number of phenols is 1. The van der Waals surface area contributed by atoms with E-state index in [9.17, 15) is 53.4 Å². The van der Waals surface area contributed by atoms with Crippen LogP contribution >= 0.6 is 11.6 Å². The summed E-state index contributed by atoms with van der Waals surface area (Å²) in [5.74, 6) is 2.50. The Bertz CT molecular complexity index is 5160. The summed E-state index contributed by atoms with van der Waals surface area (Å²) < 4.78 is 41.0. The van der Waals surface area contributed by atoms with Gasteiger partial charge in [0, 0.05) is 81.5 Å². The maximum atomic E-state index is 12.3. The smallest absolute Gasteiger partial charge is 0.742 e. The molecular weight excluding hydrogens is 1820 g/mol. The van der Waals surface area contributed by atoms with Gasteiger partial charge in [-0.15, -0.1) is 0 Å². The normalized spacial score (nSPS) is 15.0. The number of esters is 5. The van der Waals surface area contributed by atoms with E-state index in [0.29, 0.717) is 41.6 Å². The summed E-state index contributed by atoms with van der Waals surface area (Å²) in [6, 6.07) is 23.9. The van der Waals surface area contributed by atoms with Crippen molar-refractivity contribution < 1.29 is 121 Å². The van der Waals surface area contributed by atoms with Gasteiger partial charge in [-0.3, -0.25) is 33.6 Å². The zero-order valence-electron chi connectivity index (χ0n) is 90.5. The molecule has 0 heterocycles. The molecule has 0 saturated heterocycles. The fourth-order valence-electron chi connectivity index (χ4n) is 17.5. The van der Waals surface area contributed by atoms with E-state index in [1.165, 1.54) is 5.56 Å². The maximum absolute atomic E-state index is 12.3. The van der Waals surface area contributed by atoms with E-state index in [0.717, 1.165) is 210 Å². The molecule has 6 aliphatic carbocycles. The van der Waals surface area contributed by atoms with E-state index >= 15 is 0 Å². The Balaban J connectivity index is 0.000000289. The zero-order chi connectivity index (χ0) is 104. The van der Waals surface area contributed by atoms with Gasteiger partial charge in [0.15, 0.2) is 16.6 Å². The summed E-state index contributed by atoms with van der Waals surface area (Å²) >= 11 is 9.77. The van der Waals surface area contributed by atoms with Crippen LogP contribution in [0.2, 0.25) is 36.3 Å². The third-order valence-electron chi connectivity index (χ3n) is 27.7. The van der Waals surface area contributed by atoms with Crippen LogP contribution < -0.4 is 53.2 Å². The molecule has 758 valence electrons. The monoisotopic (exact) mass is 1990 g/mol. The molecule has 0 spiro atoms. The zero-order valence-corrected chi connectivity index (χ0v) is 96.1. The van der Waals surface area contributed by atoms with Crippen molar-refractivity contribution in [3.63, 3.8) is 0 Å². The number of hydrogen-bond acceptors (Lipinski definition) is 19. The molecule has 12 rings (SSSR count). The van der Waals surface area contributed by atoms with Gasteiger partial charge in [0.25, 0.3) is 0 Å². The molecule has 19 nitrogen and oxygen atoms in total. The molecule has 138 heavy (non-hydrogen) atoms. The average Bonchev–Trinajstić information content (AvgIpc) is 1.12. The number of carboxylic acids is 1. The summed E-state index contributed by atoms with van der Waals surface area (Å²) in [7, 11) is -3.46. The minimum Gasteiger partial charge on any atom is -0.742 e. The molecular formula is C114H166ClNaO19SSi2. The Hall–Kier alpha value is -7.23. The average molecular weight is 1990 g/mol. The quantitative estimate of drug-likeness (QED) is 0.00862. The van der Waals surface area contributed by atoms with Gasteiger partial charge in [-0.2, -0.15) is 0 Å². The topological polar surface area (TPSA) is 279 Å². The number of aliphatic hydroxyl groups excluding tert-OH is 1. The van der Waals surface area contributed by atoms with Crippen molar-refractivity contribution in [3.05, 3.63) is 173 Å². The van der Waals surface area contributed by atoms with Crippen molar-refractivity contribution in [3.8, 4) is 34.5 Å². The third-order valence-corrected chi connectivity index (χ3v) is 37.3. The van der Waals surface area contributed by atoms with Crippen molar-refractivity contribution >= 4 is 93.3 Å². The number of aryl methyl sites for hydroxylation is 12. The van der Waals surface area contributed by atoms with Crippen LogP contribution in [-0.2, 0) is 97.1 Å². The van der Waals surface area contributed by atoms with E-state index in [-0.39, 0.29) is 156 Å². The van der Waals surface area contributed by atoms with Crippen molar-refractivity contribution in [1.29, 1.82) is 0 Å². The van der Waals surface area contributed by atoms with Gasteiger partial charge in [-0.05, 0) is 359 Å². The first-order chi connectivity index (χ1) is 62.9. The number of carbonyl (C=O) groups is 9. The molecule has 3 N–H and O–H groups in total. The van der Waals surface area contributed by atoms with Crippen LogP contribution in [0, 0.1) is 119 Å². The van der Waals surface area contributed by atoms with Gasteiger partial charge >= 0.3 is 65.4 Å². The molecule has 6 saturated carbocycles. The number of aliphatic carboxylic acids is 1. The van der Waals surface area contributed by atoms with E-state index in [4.69, 9.17) is 61.9 Å². The Kier molecular flexibility index (Phi) is 43.8. The fourth-order valence-corrected chi connectivity index (χ4v) is 20.2. The molecule has 0 aromatic heterocycles. The Labute approximate surface area is 862 Å². The van der Waals surface area contributed by atoms with Crippen LogP contribution in [-0.4, -0.2) is 104 Å². The summed E-state index contributed by atoms with van der Waals surface area (Å²) in [4.78, 5) is 104. The Morgan fingerprint density at radius 3 is 0.790 bits per heavy atom. The van der Waals surface area contributed by atoms with Crippen molar-refractivity contribution in [1.82, 2.24) is 0 Å². The molecule has 0 amide bonds. The maximum Gasteiger partial charge on any atom is 1.00 e. The number of phenolic OH excluding ortho intramolecular Hbond substituents is 1. The second-order valence-electron chi connectivity index (χ2n) is 46.8. The van der Waals surface area contributed by atoms with Gasteiger partial charge < -0.3 is 70.1 Å². The number of rotatable bonds is 33. The van der Waals surface area contributed by atoms with Crippen molar-refractivity contribution in [2.45, 2.75) is 392 Å². The van der Waals surface area contributed by atoms with Crippen LogP contribution in [0.1, 0.15) is 340 Å². The van der Waals surface area contributed by atoms with E-state index in [1.54, 1.807) is 0 Å². The first-order valence-electron chi connectivity index (χ1n) is 49.3. The predicted molar refractivity (Wildman–Crippen MR) is 558 cm³/mol. The van der Waals surface area contributed by atoms with Crippen LogP contribution in [0.3, 0.4) is 0 Å². The predicted octanol–water partition coefficient (Wildman–Crippen LogP) is 23.7. The number of benzene rings is 6. The van der Waals surface area contributed by atoms with Gasteiger partial charge in [0.05, 0.1) is 36.0 Å². The number of aliphatic hydroxyl groups is 1. The summed E-state index contributed by atoms with van der Waals surface area (Å²) in [5, 5.41) is 28.8. The minimum atomic E-state index is -1.76. The molecule has 6 aliphatic rings. The molecule has 6 aromatic rings. The van der Waals surface area contributed by atoms with Crippen LogP contribution in [0.15, 0.2) is 72.8 Å². The first-order valence-corrected chi connectivity index (χ1v) is 56.0. The van der Waals surface area contributed by atoms with E-state index < -0.39 is 33.4 Å². The van der Waals surface area contributed by atoms with E-state index in [2.05, 4.69) is 154 Å². The van der Waals surface area contributed by atoms with Crippen molar-refractivity contribution in [2.75, 3.05) is 19.8 Å². The van der Waals surface area contributed by atoms with Crippen molar-refractivity contribution in [2.24, 2.45) is 35.5 Å².